The third kappa shape index (κ3) is 5.13. The van der Waals surface area contributed by atoms with Crippen molar-refractivity contribution in [2.75, 3.05) is 19.5 Å². The fraction of sp³-hybridized carbons (Fsp3) is 0.318. The number of carbonyl (C=O) groups is 1. The molecule has 3 aromatic rings. The molecule has 0 radical (unpaired) electrons. The highest BCUT2D eigenvalue weighted by atomic mass is 16.5. The molecule has 0 saturated carbocycles. The molecule has 0 bridgehead atoms. The van der Waals surface area contributed by atoms with Gasteiger partial charge in [0.2, 0.25) is 17.6 Å². The van der Waals surface area contributed by atoms with Crippen LogP contribution in [-0.4, -0.2) is 30.3 Å². The molecule has 7 nitrogen and oxygen atoms in total. The van der Waals surface area contributed by atoms with Gasteiger partial charge in [0.25, 0.3) is 0 Å². The van der Waals surface area contributed by atoms with Crippen molar-refractivity contribution in [2.45, 2.75) is 32.6 Å². The summed E-state index contributed by atoms with van der Waals surface area (Å²) in [5, 5.41) is 6.85. The normalized spacial score (nSPS) is 10.8. The van der Waals surface area contributed by atoms with Crippen LogP contribution in [0.4, 0.5) is 5.69 Å². The van der Waals surface area contributed by atoms with Crippen LogP contribution >= 0.6 is 0 Å². The van der Waals surface area contributed by atoms with Crippen molar-refractivity contribution >= 4 is 11.6 Å². The standard InChI is InChI=1S/C22H25N3O4/c1-14(2)15-5-7-16(8-6-15)22-24-21(29-25-22)12-11-20(26)23-17-9-10-18(27-3)19(13-17)28-4/h5-10,13-14H,11-12H2,1-4H3,(H,23,26). The number of hydrogen-bond acceptors (Lipinski definition) is 6. The molecule has 3 rings (SSSR count). The van der Waals surface area contributed by atoms with Gasteiger partial charge in [-0.1, -0.05) is 43.3 Å². The second-order valence-corrected chi connectivity index (χ2v) is 6.91. The van der Waals surface area contributed by atoms with E-state index >= 15 is 0 Å². The fourth-order valence-electron chi connectivity index (χ4n) is 2.85. The smallest absolute Gasteiger partial charge is 0.227 e. The summed E-state index contributed by atoms with van der Waals surface area (Å²) in [6, 6.07) is 13.3. The number of carbonyl (C=O) groups excluding carboxylic acids is 1. The Kier molecular flexibility index (Phi) is 6.49. The number of nitrogens with one attached hydrogen (secondary N) is 1. The average Bonchev–Trinajstić information content (AvgIpc) is 3.21. The topological polar surface area (TPSA) is 86.5 Å². The van der Waals surface area contributed by atoms with Crippen molar-refractivity contribution in [1.82, 2.24) is 10.1 Å². The molecule has 1 amide bonds. The number of rotatable bonds is 8. The van der Waals surface area contributed by atoms with Crippen LogP contribution in [0.1, 0.15) is 37.6 Å². The number of anilines is 1. The molecular weight excluding hydrogens is 370 g/mol. The summed E-state index contributed by atoms with van der Waals surface area (Å²) in [7, 11) is 3.11. The molecule has 0 saturated heterocycles. The summed E-state index contributed by atoms with van der Waals surface area (Å²) in [5.74, 6) is 2.42. The summed E-state index contributed by atoms with van der Waals surface area (Å²) in [5.41, 5.74) is 2.77. The molecule has 0 aliphatic rings. The van der Waals surface area contributed by atoms with Crippen molar-refractivity contribution in [3.8, 4) is 22.9 Å². The maximum Gasteiger partial charge on any atom is 0.227 e. The summed E-state index contributed by atoms with van der Waals surface area (Å²) < 4.78 is 15.7. The minimum absolute atomic E-state index is 0.154. The Labute approximate surface area is 170 Å². The third-order valence-corrected chi connectivity index (χ3v) is 4.54. The number of ether oxygens (including phenoxy) is 2. The molecule has 2 aromatic carbocycles. The number of methoxy groups -OCH3 is 2. The molecule has 0 unspecified atom stereocenters. The van der Waals surface area contributed by atoms with Gasteiger partial charge in [-0.05, 0) is 23.6 Å². The number of hydrogen-bond donors (Lipinski definition) is 1. The lowest BCUT2D eigenvalue weighted by Crippen LogP contribution is -2.12. The molecule has 0 fully saturated rings. The van der Waals surface area contributed by atoms with Crippen molar-refractivity contribution in [2.24, 2.45) is 0 Å². The Morgan fingerprint density at radius 2 is 1.79 bits per heavy atom. The highest BCUT2D eigenvalue weighted by molar-refractivity contribution is 5.91. The molecule has 1 aromatic heterocycles. The molecule has 29 heavy (non-hydrogen) atoms. The van der Waals surface area contributed by atoms with Gasteiger partial charge >= 0.3 is 0 Å². The van der Waals surface area contributed by atoms with Crippen molar-refractivity contribution in [3.05, 3.63) is 53.9 Å². The van der Waals surface area contributed by atoms with E-state index in [0.717, 1.165) is 5.56 Å². The van der Waals surface area contributed by atoms with E-state index in [9.17, 15) is 4.79 Å². The number of aromatic nitrogens is 2. The molecule has 0 aliphatic carbocycles. The van der Waals surface area contributed by atoms with Gasteiger partial charge < -0.3 is 19.3 Å². The van der Waals surface area contributed by atoms with Crippen LogP contribution in [0.25, 0.3) is 11.4 Å². The van der Waals surface area contributed by atoms with Crippen LogP contribution in [0.3, 0.4) is 0 Å². The van der Waals surface area contributed by atoms with E-state index in [4.69, 9.17) is 14.0 Å². The molecule has 0 aliphatic heterocycles. The predicted molar refractivity (Wildman–Crippen MR) is 110 cm³/mol. The molecular formula is C22H25N3O4. The van der Waals surface area contributed by atoms with Gasteiger partial charge in [0.15, 0.2) is 11.5 Å². The second-order valence-electron chi connectivity index (χ2n) is 6.91. The van der Waals surface area contributed by atoms with Gasteiger partial charge in [0.05, 0.1) is 14.2 Å². The number of amides is 1. The maximum atomic E-state index is 12.2. The van der Waals surface area contributed by atoms with Crippen LogP contribution in [0, 0.1) is 0 Å². The van der Waals surface area contributed by atoms with E-state index in [1.54, 1.807) is 32.4 Å². The minimum atomic E-state index is -0.154. The zero-order valence-corrected chi connectivity index (χ0v) is 17.1. The lowest BCUT2D eigenvalue weighted by molar-refractivity contribution is -0.116. The average molecular weight is 395 g/mol. The van der Waals surface area contributed by atoms with E-state index in [-0.39, 0.29) is 12.3 Å². The zero-order chi connectivity index (χ0) is 20.8. The number of aryl methyl sites for hydroxylation is 1. The lowest BCUT2D eigenvalue weighted by atomic mass is 10.0. The summed E-state index contributed by atoms with van der Waals surface area (Å²) in [6.07, 6.45) is 0.582. The first-order chi connectivity index (χ1) is 14.0. The SMILES string of the molecule is COc1ccc(NC(=O)CCc2nc(-c3ccc(C(C)C)cc3)no2)cc1OC. The van der Waals surface area contributed by atoms with E-state index in [1.165, 1.54) is 5.56 Å². The molecule has 152 valence electrons. The van der Waals surface area contributed by atoms with Crippen LogP contribution in [0.5, 0.6) is 11.5 Å². The predicted octanol–water partition coefficient (Wildman–Crippen LogP) is 4.45. The van der Waals surface area contributed by atoms with Gasteiger partial charge in [-0.25, -0.2) is 0 Å². The highest BCUT2D eigenvalue weighted by Crippen LogP contribution is 2.29. The van der Waals surface area contributed by atoms with Crippen molar-refractivity contribution in [3.63, 3.8) is 0 Å². The monoisotopic (exact) mass is 395 g/mol. The van der Waals surface area contributed by atoms with Crippen LogP contribution in [-0.2, 0) is 11.2 Å². The molecule has 1 N–H and O–H groups in total. The summed E-state index contributed by atoms with van der Waals surface area (Å²) >= 11 is 0. The van der Waals surface area contributed by atoms with Crippen molar-refractivity contribution < 1.29 is 18.8 Å². The Morgan fingerprint density at radius 3 is 2.45 bits per heavy atom. The maximum absolute atomic E-state index is 12.2. The van der Waals surface area contributed by atoms with Gasteiger partial charge in [-0.15, -0.1) is 0 Å². The fourth-order valence-corrected chi connectivity index (χ4v) is 2.85. The van der Waals surface area contributed by atoms with Crippen LogP contribution in [0.15, 0.2) is 47.0 Å². The Hall–Kier alpha value is -3.35. The van der Waals surface area contributed by atoms with Gasteiger partial charge in [0.1, 0.15) is 0 Å². The van der Waals surface area contributed by atoms with Crippen LogP contribution in [0.2, 0.25) is 0 Å². The number of benzene rings is 2. The molecule has 0 spiro atoms. The highest BCUT2D eigenvalue weighted by Gasteiger charge is 2.12. The van der Waals surface area contributed by atoms with Gasteiger partial charge in [0, 0.05) is 30.2 Å². The Morgan fingerprint density at radius 1 is 1.07 bits per heavy atom. The van der Waals surface area contributed by atoms with E-state index < -0.39 is 0 Å². The quantitative estimate of drug-likeness (QED) is 0.606. The van der Waals surface area contributed by atoms with Crippen molar-refractivity contribution in [1.29, 1.82) is 0 Å². The zero-order valence-electron chi connectivity index (χ0n) is 17.1. The third-order valence-electron chi connectivity index (χ3n) is 4.54. The number of nitrogens with zero attached hydrogens (tertiary/aromatic N) is 2. The van der Waals surface area contributed by atoms with E-state index in [2.05, 4.69) is 41.4 Å². The second kappa shape index (κ2) is 9.23. The Balaban J connectivity index is 1.57. The first kappa shape index (κ1) is 20.4. The minimum Gasteiger partial charge on any atom is -0.493 e. The van der Waals surface area contributed by atoms with Crippen LogP contribution < -0.4 is 14.8 Å². The van der Waals surface area contributed by atoms with E-state index in [0.29, 0.717) is 41.2 Å². The Bertz CT molecular complexity index is 964. The largest absolute Gasteiger partial charge is 0.493 e. The van der Waals surface area contributed by atoms with Gasteiger partial charge in [-0.3, -0.25) is 4.79 Å². The molecule has 1 heterocycles. The van der Waals surface area contributed by atoms with E-state index in [1.807, 2.05) is 12.1 Å². The first-order valence-electron chi connectivity index (χ1n) is 9.45. The molecule has 7 heteroatoms. The lowest BCUT2D eigenvalue weighted by Gasteiger charge is -2.10. The molecule has 0 atom stereocenters. The first-order valence-corrected chi connectivity index (χ1v) is 9.45. The summed E-state index contributed by atoms with van der Waals surface area (Å²) in [4.78, 5) is 16.6. The van der Waals surface area contributed by atoms with Gasteiger partial charge in [-0.2, -0.15) is 4.98 Å². The summed E-state index contributed by atoms with van der Waals surface area (Å²) in [6.45, 7) is 4.29.